The molecule has 4 rings (SSSR count). The molecule has 146 valence electrons. The summed E-state index contributed by atoms with van der Waals surface area (Å²) >= 11 is 3.02. The smallest absolute Gasteiger partial charge is 0.231 e. The van der Waals surface area contributed by atoms with Gasteiger partial charge in [0.2, 0.25) is 11.0 Å². The van der Waals surface area contributed by atoms with E-state index in [1.165, 1.54) is 17.7 Å². The monoisotopic (exact) mass is 417 g/mol. The number of anilines is 2. The van der Waals surface area contributed by atoms with Crippen molar-refractivity contribution in [3.8, 4) is 5.82 Å². The first-order valence-electron chi connectivity index (χ1n) is 8.94. The minimum atomic E-state index is -0.128. The minimum absolute atomic E-state index is 0.0268. The van der Waals surface area contributed by atoms with Crippen LogP contribution in [-0.2, 0) is 4.79 Å². The van der Waals surface area contributed by atoms with Crippen molar-refractivity contribution in [3.05, 3.63) is 24.8 Å². The Labute approximate surface area is 169 Å². The molecule has 0 aromatic carbocycles. The zero-order valence-electron chi connectivity index (χ0n) is 15.2. The first-order valence-corrected chi connectivity index (χ1v) is 10.7. The van der Waals surface area contributed by atoms with Crippen LogP contribution in [0.5, 0.6) is 0 Å². The highest BCUT2D eigenvalue weighted by molar-refractivity contribution is 8.01. The van der Waals surface area contributed by atoms with E-state index >= 15 is 0 Å². The molecule has 0 aliphatic carbocycles. The molecule has 0 spiro atoms. The Morgan fingerprint density at radius 2 is 2.14 bits per heavy atom. The van der Waals surface area contributed by atoms with Gasteiger partial charge in [-0.05, 0) is 30.7 Å². The number of nitrogens with one attached hydrogen (secondary N) is 1. The molecule has 4 heterocycles. The van der Waals surface area contributed by atoms with Crippen molar-refractivity contribution < 1.29 is 4.79 Å². The van der Waals surface area contributed by atoms with Crippen molar-refractivity contribution in [3.63, 3.8) is 0 Å². The lowest BCUT2D eigenvalue weighted by atomic mass is 9.97. The Hall–Kier alpha value is -2.60. The van der Waals surface area contributed by atoms with Gasteiger partial charge in [0.05, 0.1) is 5.92 Å². The predicted molar refractivity (Wildman–Crippen MR) is 107 cm³/mol. The average molecular weight is 418 g/mol. The molecular weight excluding hydrogens is 398 g/mol. The number of piperidine rings is 1. The molecule has 1 atom stereocenters. The van der Waals surface area contributed by atoms with E-state index in [4.69, 9.17) is 0 Å². The highest BCUT2D eigenvalue weighted by Crippen LogP contribution is 2.27. The van der Waals surface area contributed by atoms with E-state index in [2.05, 4.69) is 47.6 Å². The molecule has 0 bridgehead atoms. The van der Waals surface area contributed by atoms with Crippen LogP contribution < -0.4 is 10.2 Å². The average Bonchev–Trinajstić information content (AvgIpc) is 3.41. The van der Waals surface area contributed by atoms with Gasteiger partial charge in [-0.25, -0.2) is 9.67 Å². The normalized spacial score (nSPS) is 16.9. The number of carbonyl (C=O) groups excluding carboxylic acids is 1. The molecule has 1 unspecified atom stereocenters. The second-order valence-electron chi connectivity index (χ2n) is 6.17. The number of aromatic nitrogens is 7. The van der Waals surface area contributed by atoms with Gasteiger partial charge in [-0.15, -0.1) is 20.4 Å². The topological polar surface area (TPSA) is 115 Å². The van der Waals surface area contributed by atoms with E-state index in [9.17, 15) is 4.79 Å². The Morgan fingerprint density at radius 1 is 1.29 bits per heavy atom. The minimum Gasteiger partial charge on any atom is -0.354 e. The van der Waals surface area contributed by atoms with Crippen LogP contribution in [0.1, 0.15) is 19.8 Å². The highest BCUT2D eigenvalue weighted by atomic mass is 32.2. The molecule has 3 aromatic heterocycles. The Morgan fingerprint density at radius 3 is 2.89 bits per heavy atom. The van der Waals surface area contributed by atoms with Crippen molar-refractivity contribution >= 4 is 40.0 Å². The first-order chi connectivity index (χ1) is 13.7. The summed E-state index contributed by atoms with van der Waals surface area (Å²) in [5, 5.41) is 24.1. The Balaban J connectivity index is 1.38. The van der Waals surface area contributed by atoms with Crippen LogP contribution in [0, 0.1) is 5.92 Å². The van der Waals surface area contributed by atoms with Crippen LogP contribution in [0.25, 0.3) is 5.82 Å². The second-order valence-corrected chi connectivity index (χ2v) is 8.66. The van der Waals surface area contributed by atoms with Gasteiger partial charge >= 0.3 is 0 Å². The number of nitrogens with zero attached hydrogens (tertiary/aromatic N) is 8. The fourth-order valence-corrected chi connectivity index (χ4v) is 4.64. The lowest BCUT2D eigenvalue weighted by Crippen LogP contribution is -2.41. The Bertz CT molecular complexity index is 913. The predicted octanol–water partition coefficient (Wildman–Crippen LogP) is 1.88. The fraction of sp³-hybridized carbons (Fsp3) is 0.438. The molecule has 1 amide bonds. The fourth-order valence-electron chi connectivity index (χ4n) is 2.98. The third-order valence-corrected chi connectivity index (χ3v) is 6.16. The molecule has 10 nitrogen and oxygen atoms in total. The maximum absolute atomic E-state index is 12.7. The number of carbonyl (C=O) groups is 1. The van der Waals surface area contributed by atoms with Crippen LogP contribution in [0.4, 0.5) is 10.9 Å². The zero-order chi connectivity index (χ0) is 19.3. The summed E-state index contributed by atoms with van der Waals surface area (Å²) in [7, 11) is 0. The summed E-state index contributed by atoms with van der Waals surface area (Å²) < 4.78 is 2.42. The van der Waals surface area contributed by atoms with Gasteiger partial charge in [-0.2, -0.15) is 5.10 Å². The van der Waals surface area contributed by atoms with Gasteiger partial charge < -0.3 is 10.2 Å². The lowest BCUT2D eigenvalue weighted by Gasteiger charge is -2.32. The molecule has 28 heavy (non-hydrogen) atoms. The molecule has 3 aromatic rings. The Kier molecular flexibility index (Phi) is 5.76. The summed E-state index contributed by atoms with van der Waals surface area (Å²) in [4.78, 5) is 18.7. The maximum Gasteiger partial charge on any atom is 0.231 e. The highest BCUT2D eigenvalue weighted by Gasteiger charge is 2.27. The number of amides is 1. The quantitative estimate of drug-likeness (QED) is 0.474. The van der Waals surface area contributed by atoms with Gasteiger partial charge in [-0.3, -0.25) is 4.79 Å². The second kappa shape index (κ2) is 8.61. The van der Waals surface area contributed by atoms with Crippen LogP contribution in [0.15, 0.2) is 29.1 Å². The van der Waals surface area contributed by atoms with E-state index in [-0.39, 0.29) is 11.8 Å². The van der Waals surface area contributed by atoms with Gasteiger partial charge in [0.15, 0.2) is 16.0 Å². The van der Waals surface area contributed by atoms with Gasteiger partial charge in [-0.1, -0.05) is 30.0 Å². The van der Waals surface area contributed by atoms with Crippen molar-refractivity contribution in [2.45, 2.75) is 24.1 Å². The van der Waals surface area contributed by atoms with Crippen LogP contribution >= 0.6 is 23.1 Å². The molecule has 1 N–H and O–H groups in total. The number of hydrogen-bond donors (Lipinski definition) is 1. The third kappa shape index (κ3) is 4.28. The molecular formula is C16H19N9OS2. The molecule has 1 aliphatic heterocycles. The van der Waals surface area contributed by atoms with E-state index in [1.807, 2.05) is 12.1 Å². The van der Waals surface area contributed by atoms with Crippen LogP contribution in [0.3, 0.4) is 0 Å². The summed E-state index contributed by atoms with van der Waals surface area (Å²) in [5.74, 6) is 2.12. The van der Waals surface area contributed by atoms with E-state index in [0.717, 1.165) is 35.3 Å². The summed E-state index contributed by atoms with van der Waals surface area (Å²) in [5.41, 5.74) is 0. The third-order valence-electron chi connectivity index (χ3n) is 4.31. The lowest BCUT2D eigenvalue weighted by molar-refractivity contribution is -0.120. The molecule has 0 saturated carbocycles. The van der Waals surface area contributed by atoms with E-state index in [1.54, 1.807) is 22.8 Å². The SMILES string of the molecule is CCSc1nnc(NC(=O)C2CCCN(c3ccc(-n4cncn4)nn3)C2)s1. The van der Waals surface area contributed by atoms with Gasteiger partial charge in [0.1, 0.15) is 12.7 Å². The number of rotatable bonds is 6. The largest absolute Gasteiger partial charge is 0.354 e. The summed E-state index contributed by atoms with van der Waals surface area (Å²) in [6.07, 6.45) is 4.77. The van der Waals surface area contributed by atoms with Crippen molar-refractivity contribution in [1.29, 1.82) is 0 Å². The van der Waals surface area contributed by atoms with Crippen molar-refractivity contribution in [1.82, 2.24) is 35.2 Å². The maximum atomic E-state index is 12.7. The molecule has 12 heteroatoms. The van der Waals surface area contributed by atoms with Crippen LogP contribution in [-0.4, -0.2) is 59.9 Å². The molecule has 1 aliphatic rings. The standard InChI is InChI=1S/C16H19N9OS2/c1-2-27-16-23-22-15(28-16)19-14(26)11-4-3-7-24(8-11)12-5-6-13(21-20-12)25-10-17-9-18-25/h5-6,9-11H,2-4,7-8H2,1H3,(H,19,22,26). The number of thioether (sulfide) groups is 1. The number of hydrogen-bond acceptors (Lipinski definition) is 10. The molecule has 1 fully saturated rings. The van der Waals surface area contributed by atoms with Gasteiger partial charge in [0.25, 0.3) is 0 Å². The zero-order valence-corrected chi connectivity index (χ0v) is 16.9. The van der Waals surface area contributed by atoms with Crippen molar-refractivity contribution in [2.75, 3.05) is 29.1 Å². The van der Waals surface area contributed by atoms with E-state index < -0.39 is 0 Å². The van der Waals surface area contributed by atoms with Crippen LogP contribution in [0.2, 0.25) is 0 Å². The molecule has 0 radical (unpaired) electrons. The van der Waals surface area contributed by atoms with E-state index in [0.29, 0.717) is 17.5 Å². The first kappa shape index (κ1) is 18.7. The summed E-state index contributed by atoms with van der Waals surface area (Å²) in [6.45, 7) is 3.50. The summed E-state index contributed by atoms with van der Waals surface area (Å²) in [6, 6.07) is 3.73. The molecule has 1 saturated heterocycles. The van der Waals surface area contributed by atoms with Gasteiger partial charge in [0, 0.05) is 13.1 Å². The van der Waals surface area contributed by atoms with Crippen molar-refractivity contribution in [2.24, 2.45) is 5.92 Å².